The Balaban J connectivity index is 1.77. The van der Waals surface area contributed by atoms with Gasteiger partial charge in [0.15, 0.2) is 0 Å². The molecule has 3 aromatic rings. The molecule has 0 spiro atoms. The van der Waals surface area contributed by atoms with Crippen LogP contribution >= 0.6 is 0 Å². The number of amides is 2. The molecule has 0 aliphatic carbocycles. The molecule has 0 radical (unpaired) electrons. The maximum atomic E-state index is 12.8. The number of hydrogen-bond acceptors (Lipinski definition) is 4. The zero-order valence-electron chi connectivity index (χ0n) is 17.8. The highest BCUT2D eigenvalue weighted by Gasteiger charge is 2.20. The highest BCUT2D eigenvalue weighted by molar-refractivity contribution is 7.92. The molecule has 0 aromatic heterocycles. The molecule has 1 unspecified atom stereocenters. The Bertz CT molecular complexity index is 1190. The van der Waals surface area contributed by atoms with Gasteiger partial charge in [0.1, 0.15) is 0 Å². The normalized spacial score (nSPS) is 11.9. The molecular weight excluding hydrogens is 426 g/mol. The largest absolute Gasteiger partial charge is 0.349 e. The lowest BCUT2D eigenvalue weighted by atomic mass is 10.0. The van der Waals surface area contributed by atoms with Crippen LogP contribution in [0, 0.1) is 6.92 Å². The quantitative estimate of drug-likeness (QED) is 0.481. The third kappa shape index (κ3) is 6.18. The summed E-state index contributed by atoms with van der Waals surface area (Å²) in [6, 6.07) is 21.6. The number of carbonyl (C=O) groups is 2. The first-order chi connectivity index (χ1) is 15.2. The maximum absolute atomic E-state index is 12.8. The minimum atomic E-state index is -3.82. The van der Waals surface area contributed by atoms with Gasteiger partial charge in [-0.05, 0) is 36.8 Å². The molecule has 0 bridgehead atoms. The molecule has 3 aromatic carbocycles. The van der Waals surface area contributed by atoms with E-state index >= 15 is 0 Å². The van der Waals surface area contributed by atoms with Gasteiger partial charge in [-0.1, -0.05) is 60.2 Å². The fourth-order valence-corrected chi connectivity index (χ4v) is 4.27. The predicted molar refractivity (Wildman–Crippen MR) is 125 cm³/mol. The monoisotopic (exact) mass is 451 g/mol. The van der Waals surface area contributed by atoms with Crippen LogP contribution in [0.5, 0.6) is 0 Å². The van der Waals surface area contributed by atoms with Gasteiger partial charge in [-0.2, -0.15) is 0 Å². The van der Waals surface area contributed by atoms with Crippen molar-refractivity contribution in [1.82, 2.24) is 5.32 Å². The third-order valence-corrected chi connectivity index (χ3v) is 6.13. The minimum Gasteiger partial charge on any atom is -0.349 e. The summed E-state index contributed by atoms with van der Waals surface area (Å²) in [6.07, 6.45) is -0.0115. The summed E-state index contributed by atoms with van der Waals surface area (Å²) < 4.78 is 27.9. The first kappa shape index (κ1) is 23.0. The van der Waals surface area contributed by atoms with Gasteiger partial charge in [0.2, 0.25) is 11.8 Å². The maximum Gasteiger partial charge on any atom is 0.261 e. The van der Waals surface area contributed by atoms with E-state index in [0.717, 1.165) is 11.1 Å². The molecule has 1 atom stereocenters. The van der Waals surface area contributed by atoms with Gasteiger partial charge in [0, 0.05) is 6.92 Å². The predicted octanol–water partition coefficient (Wildman–Crippen LogP) is 4.00. The van der Waals surface area contributed by atoms with Crippen molar-refractivity contribution in [2.45, 2.75) is 31.2 Å². The van der Waals surface area contributed by atoms with Gasteiger partial charge in [-0.15, -0.1) is 0 Å². The first-order valence-corrected chi connectivity index (χ1v) is 11.5. The van der Waals surface area contributed by atoms with E-state index in [0.29, 0.717) is 5.69 Å². The van der Waals surface area contributed by atoms with Crippen LogP contribution in [-0.4, -0.2) is 20.2 Å². The lowest BCUT2D eigenvalue weighted by Gasteiger charge is -2.19. The second-order valence-electron chi connectivity index (χ2n) is 7.38. The first-order valence-electron chi connectivity index (χ1n) is 10.0. The Morgan fingerprint density at radius 3 is 2.06 bits per heavy atom. The molecule has 8 heteroatoms. The SMILES string of the molecule is CC(=O)NC(CC(=O)Nc1ccccc1NS(=O)(=O)c1ccccc1)c1ccc(C)cc1. The summed E-state index contributed by atoms with van der Waals surface area (Å²) in [4.78, 5) is 24.6. The van der Waals surface area contributed by atoms with E-state index < -0.39 is 16.1 Å². The van der Waals surface area contributed by atoms with Crippen LogP contribution in [0.4, 0.5) is 11.4 Å². The molecule has 166 valence electrons. The molecule has 0 aliphatic heterocycles. The van der Waals surface area contributed by atoms with Crippen molar-refractivity contribution in [2.75, 3.05) is 10.0 Å². The highest BCUT2D eigenvalue weighted by atomic mass is 32.2. The van der Waals surface area contributed by atoms with Crippen LogP contribution in [0.2, 0.25) is 0 Å². The lowest BCUT2D eigenvalue weighted by molar-refractivity contribution is -0.120. The second-order valence-corrected chi connectivity index (χ2v) is 9.06. The van der Waals surface area contributed by atoms with Gasteiger partial charge in [0.05, 0.1) is 28.7 Å². The van der Waals surface area contributed by atoms with Crippen molar-refractivity contribution in [3.63, 3.8) is 0 Å². The van der Waals surface area contributed by atoms with Crippen molar-refractivity contribution >= 4 is 33.2 Å². The number of rotatable bonds is 8. The number of aryl methyl sites for hydroxylation is 1. The summed E-state index contributed by atoms with van der Waals surface area (Å²) in [6.45, 7) is 3.35. The third-order valence-electron chi connectivity index (χ3n) is 4.75. The number of sulfonamides is 1. The number of benzene rings is 3. The van der Waals surface area contributed by atoms with Crippen molar-refractivity contribution in [3.05, 3.63) is 90.0 Å². The van der Waals surface area contributed by atoms with Gasteiger partial charge < -0.3 is 10.6 Å². The smallest absolute Gasteiger partial charge is 0.261 e. The molecule has 0 aliphatic rings. The van der Waals surface area contributed by atoms with E-state index in [1.165, 1.54) is 19.1 Å². The second kappa shape index (κ2) is 10.1. The van der Waals surface area contributed by atoms with Crippen LogP contribution in [-0.2, 0) is 19.6 Å². The molecule has 3 rings (SSSR count). The van der Waals surface area contributed by atoms with E-state index in [9.17, 15) is 18.0 Å². The number of hydrogen-bond donors (Lipinski definition) is 3. The van der Waals surface area contributed by atoms with Crippen molar-refractivity contribution in [1.29, 1.82) is 0 Å². The Morgan fingerprint density at radius 1 is 0.844 bits per heavy atom. The number of carbonyl (C=O) groups excluding carboxylic acids is 2. The Kier molecular flexibility index (Phi) is 7.27. The summed E-state index contributed by atoms with van der Waals surface area (Å²) in [5.41, 5.74) is 2.44. The minimum absolute atomic E-state index is 0.0115. The number of nitrogens with one attached hydrogen (secondary N) is 3. The van der Waals surface area contributed by atoms with Gasteiger partial charge >= 0.3 is 0 Å². The molecular formula is C24H25N3O4S. The zero-order valence-corrected chi connectivity index (χ0v) is 18.6. The molecule has 0 fully saturated rings. The van der Waals surface area contributed by atoms with E-state index in [1.54, 1.807) is 42.5 Å². The molecule has 0 heterocycles. The Morgan fingerprint density at radius 2 is 1.44 bits per heavy atom. The van der Waals surface area contributed by atoms with E-state index in [4.69, 9.17) is 0 Å². The summed E-state index contributed by atoms with van der Waals surface area (Å²) in [7, 11) is -3.82. The van der Waals surface area contributed by atoms with E-state index in [2.05, 4.69) is 15.4 Å². The molecule has 7 nitrogen and oxygen atoms in total. The fraction of sp³-hybridized carbons (Fsp3) is 0.167. The van der Waals surface area contributed by atoms with Gasteiger partial charge in [-0.25, -0.2) is 8.42 Å². The molecule has 0 saturated heterocycles. The van der Waals surface area contributed by atoms with Crippen LogP contribution in [0.3, 0.4) is 0 Å². The summed E-state index contributed by atoms with van der Waals surface area (Å²) in [5, 5.41) is 5.55. The van der Waals surface area contributed by atoms with Crippen LogP contribution in [0.1, 0.15) is 30.5 Å². The summed E-state index contributed by atoms with van der Waals surface area (Å²) in [5.74, 6) is -0.616. The lowest BCUT2D eigenvalue weighted by Crippen LogP contribution is -2.30. The van der Waals surface area contributed by atoms with E-state index in [-0.39, 0.29) is 28.8 Å². The van der Waals surface area contributed by atoms with E-state index in [1.807, 2.05) is 31.2 Å². The standard InChI is InChI=1S/C24H25N3O4S/c1-17-12-14-19(15-13-17)23(25-18(2)28)16-24(29)26-21-10-6-7-11-22(21)27-32(30,31)20-8-4-3-5-9-20/h3-15,23,27H,16H2,1-2H3,(H,25,28)(H,26,29). The summed E-state index contributed by atoms with van der Waals surface area (Å²) >= 11 is 0. The molecule has 2 amide bonds. The van der Waals surface area contributed by atoms with Crippen molar-refractivity contribution < 1.29 is 18.0 Å². The van der Waals surface area contributed by atoms with Crippen LogP contribution in [0.15, 0.2) is 83.8 Å². The number of para-hydroxylation sites is 2. The Hall–Kier alpha value is -3.65. The number of anilines is 2. The Labute approximate surface area is 187 Å². The zero-order chi connectivity index (χ0) is 23.1. The molecule has 3 N–H and O–H groups in total. The van der Waals surface area contributed by atoms with Gasteiger partial charge in [-0.3, -0.25) is 14.3 Å². The van der Waals surface area contributed by atoms with Crippen LogP contribution < -0.4 is 15.4 Å². The average Bonchev–Trinajstić information content (AvgIpc) is 2.75. The highest BCUT2D eigenvalue weighted by Crippen LogP contribution is 2.26. The topological polar surface area (TPSA) is 104 Å². The fourth-order valence-electron chi connectivity index (χ4n) is 3.17. The van der Waals surface area contributed by atoms with Crippen molar-refractivity contribution in [2.24, 2.45) is 0 Å². The van der Waals surface area contributed by atoms with Gasteiger partial charge in [0.25, 0.3) is 10.0 Å². The molecule has 0 saturated carbocycles. The average molecular weight is 452 g/mol. The van der Waals surface area contributed by atoms with Crippen molar-refractivity contribution in [3.8, 4) is 0 Å². The molecule has 32 heavy (non-hydrogen) atoms. The van der Waals surface area contributed by atoms with Crippen LogP contribution in [0.25, 0.3) is 0 Å².